The van der Waals surface area contributed by atoms with Gasteiger partial charge in [0.25, 0.3) is 0 Å². The van der Waals surface area contributed by atoms with Crippen LogP contribution < -0.4 is 0 Å². The number of para-hydroxylation sites is 1. The highest BCUT2D eigenvalue weighted by Crippen LogP contribution is 2.38. The summed E-state index contributed by atoms with van der Waals surface area (Å²) in [7, 11) is 0. The van der Waals surface area contributed by atoms with Crippen LogP contribution >= 0.6 is 15.9 Å². The molecule has 1 heterocycles. The Bertz CT molecular complexity index is 889. The Morgan fingerprint density at radius 2 is 1.50 bits per heavy atom. The molecule has 3 aromatic carbocycles. The van der Waals surface area contributed by atoms with Crippen LogP contribution in [-0.4, -0.2) is 0 Å². The molecule has 86 valence electrons. The van der Waals surface area contributed by atoms with Gasteiger partial charge in [-0.1, -0.05) is 42.5 Å². The van der Waals surface area contributed by atoms with Crippen LogP contribution in [-0.2, 0) is 0 Å². The molecule has 0 radical (unpaired) electrons. The van der Waals surface area contributed by atoms with Gasteiger partial charge in [0, 0.05) is 10.8 Å². The maximum atomic E-state index is 5.94. The van der Waals surface area contributed by atoms with Gasteiger partial charge in [0.15, 0.2) is 0 Å². The first-order chi connectivity index (χ1) is 8.84. The Labute approximate surface area is 112 Å². The van der Waals surface area contributed by atoms with Gasteiger partial charge in [-0.05, 0) is 38.8 Å². The van der Waals surface area contributed by atoms with Crippen molar-refractivity contribution in [1.29, 1.82) is 0 Å². The zero-order chi connectivity index (χ0) is 12.1. The van der Waals surface area contributed by atoms with Gasteiger partial charge >= 0.3 is 0 Å². The van der Waals surface area contributed by atoms with Crippen LogP contribution in [0.4, 0.5) is 0 Å². The van der Waals surface area contributed by atoms with E-state index < -0.39 is 0 Å². The molecular formula is C16H9BrO. The van der Waals surface area contributed by atoms with Crippen LogP contribution in [0, 0.1) is 0 Å². The van der Waals surface area contributed by atoms with Crippen LogP contribution in [0.3, 0.4) is 0 Å². The predicted octanol–water partition coefficient (Wildman–Crippen LogP) is 5.50. The molecule has 4 rings (SSSR count). The molecule has 0 atom stereocenters. The fourth-order valence-corrected chi connectivity index (χ4v) is 3.13. The molecule has 0 bridgehead atoms. The lowest BCUT2D eigenvalue weighted by molar-refractivity contribution is 0.667. The summed E-state index contributed by atoms with van der Waals surface area (Å²) >= 11 is 3.67. The second kappa shape index (κ2) is 3.59. The summed E-state index contributed by atoms with van der Waals surface area (Å²) in [5.41, 5.74) is 1.86. The van der Waals surface area contributed by atoms with Gasteiger partial charge in [-0.2, -0.15) is 0 Å². The minimum absolute atomic E-state index is 0.926. The minimum Gasteiger partial charge on any atom is -0.455 e. The molecule has 0 saturated carbocycles. The Kier molecular flexibility index (Phi) is 2.03. The van der Waals surface area contributed by atoms with Gasteiger partial charge in [0.1, 0.15) is 11.2 Å². The van der Waals surface area contributed by atoms with Crippen molar-refractivity contribution in [3.63, 3.8) is 0 Å². The molecular weight excluding hydrogens is 288 g/mol. The molecule has 18 heavy (non-hydrogen) atoms. The lowest BCUT2D eigenvalue weighted by atomic mass is 10.1. The van der Waals surface area contributed by atoms with E-state index >= 15 is 0 Å². The third-order valence-corrected chi connectivity index (χ3v) is 4.12. The molecule has 0 fully saturated rings. The van der Waals surface area contributed by atoms with E-state index in [1.54, 1.807) is 0 Å². The Morgan fingerprint density at radius 1 is 0.778 bits per heavy atom. The highest BCUT2D eigenvalue weighted by molar-refractivity contribution is 9.10. The Hall–Kier alpha value is -1.80. The SMILES string of the molecule is Brc1c2ccccc2cc2c1oc1ccccc12. The van der Waals surface area contributed by atoms with E-state index in [2.05, 4.69) is 46.3 Å². The third kappa shape index (κ3) is 1.27. The van der Waals surface area contributed by atoms with Crippen molar-refractivity contribution in [3.8, 4) is 0 Å². The second-order valence-electron chi connectivity index (χ2n) is 4.39. The molecule has 2 heteroatoms. The Balaban J connectivity index is 2.33. The lowest BCUT2D eigenvalue weighted by Gasteiger charge is -2.01. The van der Waals surface area contributed by atoms with Crippen molar-refractivity contribution >= 4 is 48.6 Å². The molecule has 1 nitrogen and oxygen atoms in total. The van der Waals surface area contributed by atoms with Crippen molar-refractivity contribution in [3.05, 3.63) is 59.1 Å². The third-order valence-electron chi connectivity index (χ3n) is 3.33. The van der Waals surface area contributed by atoms with E-state index in [-0.39, 0.29) is 0 Å². The zero-order valence-electron chi connectivity index (χ0n) is 9.48. The average Bonchev–Trinajstić information content (AvgIpc) is 2.79. The first-order valence-electron chi connectivity index (χ1n) is 5.83. The molecule has 0 saturated heterocycles. The van der Waals surface area contributed by atoms with E-state index in [9.17, 15) is 0 Å². The van der Waals surface area contributed by atoms with E-state index in [4.69, 9.17) is 4.42 Å². The standard InChI is InChI=1S/C16H9BrO/c17-15-11-6-2-1-5-10(11)9-13-12-7-3-4-8-14(12)18-16(13)15/h1-9H. The fourth-order valence-electron chi connectivity index (χ4n) is 2.47. The molecule has 1 aromatic heterocycles. The van der Waals surface area contributed by atoms with Gasteiger partial charge in [-0.15, -0.1) is 0 Å². The Morgan fingerprint density at radius 3 is 2.39 bits per heavy atom. The first-order valence-corrected chi connectivity index (χ1v) is 6.62. The van der Waals surface area contributed by atoms with Crippen molar-refractivity contribution < 1.29 is 4.42 Å². The predicted molar refractivity (Wildman–Crippen MR) is 78.9 cm³/mol. The molecule has 0 aliphatic rings. The van der Waals surface area contributed by atoms with Crippen molar-refractivity contribution in [2.45, 2.75) is 0 Å². The minimum atomic E-state index is 0.926. The number of fused-ring (bicyclic) bond motifs is 4. The summed E-state index contributed by atoms with van der Waals surface area (Å²) < 4.78 is 6.98. The van der Waals surface area contributed by atoms with E-state index in [0.717, 1.165) is 21.0 Å². The van der Waals surface area contributed by atoms with Crippen LogP contribution in [0.1, 0.15) is 0 Å². The van der Waals surface area contributed by atoms with Gasteiger partial charge in [-0.3, -0.25) is 0 Å². The summed E-state index contributed by atoms with van der Waals surface area (Å²) in [4.78, 5) is 0. The molecule has 0 unspecified atom stereocenters. The van der Waals surface area contributed by atoms with E-state index in [0.29, 0.717) is 0 Å². The number of rotatable bonds is 0. The van der Waals surface area contributed by atoms with Crippen LogP contribution in [0.15, 0.2) is 63.5 Å². The summed E-state index contributed by atoms with van der Waals surface area (Å²) in [5.74, 6) is 0. The molecule has 4 aromatic rings. The van der Waals surface area contributed by atoms with Crippen molar-refractivity contribution in [2.24, 2.45) is 0 Å². The van der Waals surface area contributed by atoms with Crippen molar-refractivity contribution in [2.75, 3.05) is 0 Å². The highest BCUT2D eigenvalue weighted by atomic mass is 79.9. The zero-order valence-corrected chi connectivity index (χ0v) is 11.1. The number of hydrogen-bond acceptors (Lipinski definition) is 1. The van der Waals surface area contributed by atoms with E-state index in [1.165, 1.54) is 16.2 Å². The van der Waals surface area contributed by atoms with Crippen LogP contribution in [0.2, 0.25) is 0 Å². The monoisotopic (exact) mass is 296 g/mol. The fraction of sp³-hybridized carbons (Fsp3) is 0. The maximum Gasteiger partial charge on any atom is 0.150 e. The topological polar surface area (TPSA) is 13.1 Å². The second-order valence-corrected chi connectivity index (χ2v) is 5.18. The molecule has 0 aliphatic heterocycles. The molecule has 0 aliphatic carbocycles. The molecule has 0 N–H and O–H groups in total. The van der Waals surface area contributed by atoms with Gasteiger partial charge in [0.05, 0.1) is 4.47 Å². The highest BCUT2D eigenvalue weighted by Gasteiger charge is 2.12. The lowest BCUT2D eigenvalue weighted by Crippen LogP contribution is -1.75. The van der Waals surface area contributed by atoms with Crippen LogP contribution in [0.25, 0.3) is 32.7 Å². The maximum absolute atomic E-state index is 5.94. The first kappa shape index (κ1) is 10.2. The average molecular weight is 297 g/mol. The molecule has 0 amide bonds. The number of hydrogen-bond donors (Lipinski definition) is 0. The number of furan rings is 1. The number of halogens is 1. The van der Waals surface area contributed by atoms with Gasteiger partial charge < -0.3 is 4.42 Å². The smallest absolute Gasteiger partial charge is 0.150 e. The summed E-state index contributed by atoms with van der Waals surface area (Å²) in [6, 6.07) is 18.7. The van der Waals surface area contributed by atoms with Gasteiger partial charge in [-0.25, -0.2) is 0 Å². The summed E-state index contributed by atoms with van der Waals surface area (Å²) in [6.07, 6.45) is 0. The normalized spacial score (nSPS) is 11.6. The molecule has 0 spiro atoms. The van der Waals surface area contributed by atoms with Crippen LogP contribution in [0.5, 0.6) is 0 Å². The van der Waals surface area contributed by atoms with Gasteiger partial charge in [0.2, 0.25) is 0 Å². The van der Waals surface area contributed by atoms with Crippen molar-refractivity contribution in [1.82, 2.24) is 0 Å². The summed E-state index contributed by atoms with van der Waals surface area (Å²) in [5, 5.41) is 4.74. The largest absolute Gasteiger partial charge is 0.455 e. The quantitative estimate of drug-likeness (QED) is 0.417. The number of benzene rings is 3. The van der Waals surface area contributed by atoms with E-state index in [1.807, 2.05) is 24.3 Å². The summed E-state index contributed by atoms with van der Waals surface area (Å²) in [6.45, 7) is 0.